The molecular weight excluding hydrogens is 314 g/mol. The van der Waals surface area contributed by atoms with Gasteiger partial charge in [-0.25, -0.2) is 0 Å². The van der Waals surface area contributed by atoms with Crippen LogP contribution in [0.15, 0.2) is 59.3 Å². The minimum atomic E-state index is 0.747. The normalized spacial score (nSPS) is 10.8. The van der Waals surface area contributed by atoms with E-state index in [1.165, 1.54) is 10.9 Å². The number of para-hydroxylation sites is 1. The summed E-state index contributed by atoms with van der Waals surface area (Å²) in [5.74, 6) is 0. The summed E-state index contributed by atoms with van der Waals surface area (Å²) in [4.78, 5) is 8.80. The van der Waals surface area contributed by atoms with Gasteiger partial charge in [0.25, 0.3) is 0 Å². The molecule has 0 fully saturated rings. The molecule has 0 bridgehead atoms. The largest absolute Gasteiger partial charge is 0.307 e. The van der Waals surface area contributed by atoms with Gasteiger partial charge in [-0.05, 0) is 39.7 Å². The van der Waals surface area contributed by atoms with E-state index in [1.807, 2.05) is 30.6 Å². The van der Waals surface area contributed by atoms with Crippen molar-refractivity contribution < 1.29 is 0 Å². The van der Waals surface area contributed by atoms with Crippen molar-refractivity contribution in [2.45, 2.75) is 13.1 Å². The molecule has 0 saturated heterocycles. The maximum absolute atomic E-state index is 4.46. The molecule has 3 rings (SSSR count). The lowest BCUT2D eigenvalue weighted by Crippen LogP contribution is -2.14. The van der Waals surface area contributed by atoms with E-state index >= 15 is 0 Å². The molecule has 1 aromatic carbocycles. The molecule has 1 N–H and O–H groups in total. The second-order valence-corrected chi connectivity index (χ2v) is 5.48. The Morgan fingerprint density at radius 3 is 2.70 bits per heavy atom. The molecule has 0 aliphatic heterocycles. The molecular formula is C16H14BrN3. The molecule has 0 aliphatic rings. The highest BCUT2D eigenvalue weighted by Crippen LogP contribution is 2.15. The lowest BCUT2D eigenvalue weighted by molar-refractivity contribution is 0.681. The fourth-order valence-electron chi connectivity index (χ4n) is 2.15. The lowest BCUT2D eigenvalue weighted by atomic mass is 10.1. The molecule has 2 heterocycles. The average molecular weight is 328 g/mol. The minimum absolute atomic E-state index is 0.747. The van der Waals surface area contributed by atoms with Gasteiger partial charge in [0.2, 0.25) is 0 Å². The number of aromatic nitrogens is 2. The first-order valence-electron chi connectivity index (χ1n) is 6.47. The van der Waals surface area contributed by atoms with Crippen molar-refractivity contribution in [3.8, 4) is 0 Å². The summed E-state index contributed by atoms with van der Waals surface area (Å²) in [6.07, 6.45) is 3.65. The number of fused-ring (bicyclic) bond motifs is 1. The second-order valence-electron chi connectivity index (χ2n) is 4.56. The van der Waals surface area contributed by atoms with Crippen molar-refractivity contribution in [3.05, 3.63) is 70.6 Å². The zero-order valence-electron chi connectivity index (χ0n) is 10.9. The van der Waals surface area contributed by atoms with Gasteiger partial charge in [0.15, 0.2) is 0 Å². The fraction of sp³-hybridized carbons (Fsp3) is 0.125. The van der Waals surface area contributed by atoms with Crippen LogP contribution in [0.5, 0.6) is 0 Å². The lowest BCUT2D eigenvalue weighted by Gasteiger charge is -2.07. The monoisotopic (exact) mass is 327 g/mol. The second kappa shape index (κ2) is 6.11. The number of rotatable bonds is 4. The van der Waals surface area contributed by atoms with Gasteiger partial charge in [-0.1, -0.05) is 24.3 Å². The summed E-state index contributed by atoms with van der Waals surface area (Å²) in [5.41, 5.74) is 3.30. The molecule has 100 valence electrons. The molecule has 3 nitrogen and oxygen atoms in total. The summed E-state index contributed by atoms with van der Waals surface area (Å²) in [7, 11) is 0. The van der Waals surface area contributed by atoms with Gasteiger partial charge < -0.3 is 5.32 Å². The first-order chi connectivity index (χ1) is 9.83. The van der Waals surface area contributed by atoms with Crippen molar-refractivity contribution in [3.63, 3.8) is 0 Å². The Morgan fingerprint density at radius 2 is 1.85 bits per heavy atom. The summed E-state index contributed by atoms with van der Waals surface area (Å²) in [6, 6.07) is 14.3. The average Bonchev–Trinajstić information content (AvgIpc) is 2.49. The molecule has 0 amide bonds. The van der Waals surface area contributed by atoms with Crippen LogP contribution in [0.4, 0.5) is 0 Å². The van der Waals surface area contributed by atoms with Crippen LogP contribution in [0.2, 0.25) is 0 Å². The number of halogens is 1. The molecule has 0 atom stereocenters. The number of benzene rings is 1. The maximum atomic E-state index is 4.46. The van der Waals surface area contributed by atoms with E-state index in [2.05, 4.69) is 55.5 Å². The summed E-state index contributed by atoms with van der Waals surface area (Å²) in [6.45, 7) is 1.53. The van der Waals surface area contributed by atoms with Gasteiger partial charge in [-0.2, -0.15) is 0 Å². The summed E-state index contributed by atoms with van der Waals surface area (Å²) >= 11 is 3.39. The van der Waals surface area contributed by atoms with E-state index in [0.717, 1.165) is 28.8 Å². The van der Waals surface area contributed by atoms with Crippen molar-refractivity contribution in [2.75, 3.05) is 0 Å². The molecule has 2 aromatic heterocycles. The smallest absolute Gasteiger partial charge is 0.0746 e. The highest BCUT2D eigenvalue weighted by molar-refractivity contribution is 9.10. The van der Waals surface area contributed by atoms with Crippen LogP contribution in [0.3, 0.4) is 0 Å². The quantitative estimate of drug-likeness (QED) is 0.794. The van der Waals surface area contributed by atoms with Gasteiger partial charge >= 0.3 is 0 Å². The number of pyridine rings is 2. The fourth-order valence-corrected chi connectivity index (χ4v) is 2.38. The van der Waals surface area contributed by atoms with Crippen LogP contribution in [0, 0.1) is 0 Å². The number of nitrogens with zero attached hydrogens (tertiary/aromatic N) is 2. The Bertz CT molecular complexity index is 705. The predicted molar refractivity (Wildman–Crippen MR) is 84.2 cm³/mol. The van der Waals surface area contributed by atoms with E-state index < -0.39 is 0 Å². The zero-order valence-corrected chi connectivity index (χ0v) is 12.5. The summed E-state index contributed by atoms with van der Waals surface area (Å²) in [5, 5.41) is 4.59. The van der Waals surface area contributed by atoms with Crippen molar-refractivity contribution in [2.24, 2.45) is 0 Å². The Balaban J connectivity index is 1.69. The van der Waals surface area contributed by atoms with Gasteiger partial charge in [-0.3, -0.25) is 9.97 Å². The Labute approximate surface area is 126 Å². The van der Waals surface area contributed by atoms with Gasteiger partial charge in [0, 0.05) is 35.3 Å². The summed E-state index contributed by atoms with van der Waals surface area (Å²) < 4.78 is 1.000. The van der Waals surface area contributed by atoms with Crippen molar-refractivity contribution in [1.82, 2.24) is 15.3 Å². The van der Waals surface area contributed by atoms with Crippen LogP contribution in [-0.4, -0.2) is 9.97 Å². The molecule has 0 radical (unpaired) electrons. The third-order valence-corrected chi connectivity index (χ3v) is 3.60. The first kappa shape index (κ1) is 13.2. The minimum Gasteiger partial charge on any atom is -0.307 e. The number of hydrogen-bond donors (Lipinski definition) is 1. The highest BCUT2D eigenvalue weighted by Gasteiger charge is 2.01. The van der Waals surface area contributed by atoms with Gasteiger partial charge in [-0.15, -0.1) is 0 Å². The van der Waals surface area contributed by atoms with E-state index in [4.69, 9.17) is 0 Å². The van der Waals surface area contributed by atoms with E-state index in [-0.39, 0.29) is 0 Å². The van der Waals surface area contributed by atoms with Gasteiger partial charge in [0.1, 0.15) is 0 Å². The topological polar surface area (TPSA) is 37.8 Å². The molecule has 4 heteroatoms. The molecule has 3 aromatic rings. The predicted octanol–water partition coefficient (Wildman–Crippen LogP) is 3.68. The third kappa shape index (κ3) is 3.03. The molecule has 0 unspecified atom stereocenters. The molecule has 0 saturated carbocycles. The van der Waals surface area contributed by atoms with E-state index in [1.54, 1.807) is 0 Å². The van der Waals surface area contributed by atoms with Crippen LogP contribution in [-0.2, 0) is 13.1 Å². The van der Waals surface area contributed by atoms with Crippen molar-refractivity contribution >= 4 is 26.8 Å². The third-order valence-electron chi connectivity index (χ3n) is 3.13. The first-order valence-corrected chi connectivity index (χ1v) is 7.26. The Morgan fingerprint density at radius 1 is 0.950 bits per heavy atom. The van der Waals surface area contributed by atoms with Crippen LogP contribution < -0.4 is 5.32 Å². The number of hydrogen-bond acceptors (Lipinski definition) is 3. The highest BCUT2D eigenvalue weighted by atomic mass is 79.9. The SMILES string of the molecule is Brc1ccc(CNCc2cccc3cccnc23)nc1. The molecule has 20 heavy (non-hydrogen) atoms. The van der Waals surface area contributed by atoms with E-state index in [9.17, 15) is 0 Å². The Hall–Kier alpha value is -1.78. The van der Waals surface area contributed by atoms with Crippen molar-refractivity contribution in [1.29, 1.82) is 0 Å². The number of nitrogens with one attached hydrogen (secondary N) is 1. The zero-order chi connectivity index (χ0) is 13.8. The standard InChI is InChI=1S/C16H14BrN3/c17-14-6-7-15(20-10-14)11-18-9-13-4-1-3-12-5-2-8-19-16(12)13/h1-8,10,18H,9,11H2. The van der Waals surface area contributed by atoms with E-state index in [0.29, 0.717) is 0 Å². The van der Waals surface area contributed by atoms with Crippen LogP contribution in [0.25, 0.3) is 10.9 Å². The maximum Gasteiger partial charge on any atom is 0.0746 e. The Kier molecular flexibility index (Phi) is 4.04. The van der Waals surface area contributed by atoms with Crippen LogP contribution >= 0.6 is 15.9 Å². The van der Waals surface area contributed by atoms with Crippen LogP contribution in [0.1, 0.15) is 11.3 Å². The van der Waals surface area contributed by atoms with Gasteiger partial charge in [0.05, 0.1) is 11.2 Å². The molecule has 0 spiro atoms. The molecule has 0 aliphatic carbocycles.